The zero-order valence-corrected chi connectivity index (χ0v) is 13.4. The number of alkyl halides is 3. The molecule has 0 atom stereocenters. The average Bonchev–Trinajstić information content (AvgIpc) is 3.13. The van der Waals surface area contributed by atoms with Gasteiger partial charge in [-0.25, -0.2) is 4.79 Å². The van der Waals surface area contributed by atoms with Gasteiger partial charge in [-0.2, -0.15) is 9.78 Å². The summed E-state index contributed by atoms with van der Waals surface area (Å²) in [5.41, 5.74) is -0.255. The van der Waals surface area contributed by atoms with Gasteiger partial charge in [0.05, 0.1) is 12.8 Å². The van der Waals surface area contributed by atoms with Gasteiger partial charge in [0, 0.05) is 29.8 Å². The number of fused-ring (bicyclic) bond motifs is 1. The van der Waals surface area contributed by atoms with E-state index in [1.165, 1.54) is 19.9 Å². The van der Waals surface area contributed by atoms with Gasteiger partial charge >= 0.3 is 12.3 Å². The van der Waals surface area contributed by atoms with Gasteiger partial charge in [0.15, 0.2) is 5.60 Å². The second kappa shape index (κ2) is 5.68. The van der Waals surface area contributed by atoms with Crippen molar-refractivity contribution in [1.82, 2.24) is 9.78 Å². The van der Waals surface area contributed by atoms with Crippen molar-refractivity contribution >= 4 is 5.97 Å². The Bertz CT molecular complexity index is 827. The SMILES string of the molecule is CC(C)(Oc1cc2c(cc1-c1cnn(C(F)(F)F)c1)CCO2)C(=O)O. The highest BCUT2D eigenvalue weighted by atomic mass is 19.4. The smallest absolute Gasteiger partial charge is 0.493 e. The van der Waals surface area contributed by atoms with Crippen LogP contribution in [0.3, 0.4) is 0 Å². The van der Waals surface area contributed by atoms with Crippen LogP contribution in [0.4, 0.5) is 13.2 Å². The summed E-state index contributed by atoms with van der Waals surface area (Å²) in [6.07, 6.45) is -2.14. The molecule has 25 heavy (non-hydrogen) atoms. The van der Waals surface area contributed by atoms with E-state index in [1.54, 1.807) is 6.07 Å². The lowest BCUT2D eigenvalue weighted by molar-refractivity contribution is -0.212. The molecule has 0 aliphatic carbocycles. The van der Waals surface area contributed by atoms with E-state index in [4.69, 9.17) is 9.47 Å². The number of benzene rings is 1. The van der Waals surface area contributed by atoms with Gasteiger partial charge < -0.3 is 14.6 Å². The second-order valence-electron chi connectivity index (χ2n) is 6.11. The number of nitrogens with zero attached hydrogens (tertiary/aromatic N) is 2. The maximum atomic E-state index is 12.8. The summed E-state index contributed by atoms with van der Waals surface area (Å²) in [4.78, 5) is 11.3. The van der Waals surface area contributed by atoms with Crippen molar-refractivity contribution < 1.29 is 32.5 Å². The van der Waals surface area contributed by atoms with E-state index in [0.717, 1.165) is 18.0 Å². The standard InChI is InChI=1S/C16H15F3N2O4/c1-15(2,14(22)23)25-13-6-12-9(3-4-24-12)5-11(13)10-7-20-21(8-10)16(17,18)19/h5-8H,3-4H2,1-2H3,(H,22,23). The highest BCUT2D eigenvalue weighted by Crippen LogP contribution is 2.40. The molecule has 0 saturated carbocycles. The Hall–Kier alpha value is -2.71. The molecule has 9 heteroatoms. The number of hydrogen-bond donors (Lipinski definition) is 1. The Morgan fingerprint density at radius 1 is 1.36 bits per heavy atom. The minimum absolute atomic E-state index is 0.113. The van der Waals surface area contributed by atoms with Crippen LogP contribution in [0.1, 0.15) is 19.4 Å². The number of hydrogen-bond acceptors (Lipinski definition) is 4. The van der Waals surface area contributed by atoms with Gasteiger partial charge in [0.2, 0.25) is 0 Å². The summed E-state index contributed by atoms with van der Waals surface area (Å²) in [5.74, 6) is -0.552. The van der Waals surface area contributed by atoms with Crippen LogP contribution >= 0.6 is 0 Å². The average molecular weight is 356 g/mol. The molecule has 0 spiro atoms. The third-order valence-corrected chi connectivity index (χ3v) is 3.83. The van der Waals surface area contributed by atoms with Gasteiger partial charge in [0.25, 0.3) is 0 Å². The maximum Gasteiger partial charge on any atom is 0.504 e. The number of halogens is 3. The van der Waals surface area contributed by atoms with Crippen LogP contribution < -0.4 is 9.47 Å². The molecule has 3 rings (SSSR count). The van der Waals surface area contributed by atoms with Crippen LogP contribution in [0.25, 0.3) is 11.1 Å². The molecule has 1 aromatic carbocycles. The topological polar surface area (TPSA) is 73.6 Å². The molecule has 0 unspecified atom stereocenters. The van der Waals surface area contributed by atoms with Gasteiger partial charge in [-0.1, -0.05) is 0 Å². The lowest BCUT2D eigenvalue weighted by atomic mass is 10.0. The predicted octanol–water partition coefficient (Wildman–Crippen LogP) is 3.20. The first-order valence-electron chi connectivity index (χ1n) is 7.42. The summed E-state index contributed by atoms with van der Waals surface area (Å²) >= 11 is 0. The lowest BCUT2D eigenvalue weighted by Crippen LogP contribution is -2.38. The highest BCUT2D eigenvalue weighted by molar-refractivity contribution is 5.78. The van der Waals surface area contributed by atoms with Crippen molar-refractivity contribution in [3.05, 3.63) is 30.1 Å². The van der Waals surface area contributed by atoms with Crippen LogP contribution in [-0.2, 0) is 17.5 Å². The Morgan fingerprint density at radius 3 is 2.68 bits per heavy atom. The van der Waals surface area contributed by atoms with Crippen LogP contribution in [0.2, 0.25) is 0 Å². The fourth-order valence-electron chi connectivity index (χ4n) is 2.44. The number of carboxylic acids is 1. The normalized spacial score (nSPS) is 14.1. The van der Waals surface area contributed by atoms with E-state index in [9.17, 15) is 23.1 Å². The zero-order chi connectivity index (χ0) is 18.4. The van der Waals surface area contributed by atoms with Crippen molar-refractivity contribution in [2.75, 3.05) is 6.61 Å². The molecule has 2 aromatic rings. The summed E-state index contributed by atoms with van der Waals surface area (Å²) in [6.45, 7) is 3.15. The number of ether oxygens (including phenoxy) is 2. The highest BCUT2D eigenvalue weighted by Gasteiger charge is 2.34. The number of rotatable bonds is 4. The first-order valence-corrected chi connectivity index (χ1v) is 7.42. The van der Waals surface area contributed by atoms with E-state index in [-0.39, 0.29) is 16.0 Å². The van der Waals surface area contributed by atoms with Crippen molar-refractivity contribution in [1.29, 1.82) is 0 Å². The Kier molecular flexibility index (Phi) is 3.89. The van der Waals surface area contributed by atoms with Gasteiger partial charge in [-0.15, -0.1) is 13.2 Å². The molecule has 0 amide bonds. The monoisotopic (exact) mass is 356 g/mol. The molecule has 1 N–H and O–H groups in total. The van der Waals surface area contributed by atoms with Crippen LogP contribution in [0.15, 0.2) is 24.5 Å². The molecule has 1 aliphatic heterocycles. The quantitative estimate of drug-likeness (QED) is 0.911. The molecule has 1 aromatic heterocycles. The third kappa shape index (κ3) is 3.26. The molecule has 2 heterocycles. The fraction of sp³-hybridized carbons (Fsp3) is 0.375. The van der Waals surface area contributed by atoms with E-state index >= 15 is 0 Å². The summed E-state index contributed by atoms with van der Waals surface area (Å²) in [7, 11) is 0. The van der Waals surface area contributed by atoms with E-state index in [0.29, 0.717) is 24.3 Å². The van der Waals surface area contributed by atoms with Crippen LogP contribution in [0, 0.1) is 0 Å². The van der Waals surface area contributed by atoms with Gasteiger partial charge in [0.1, 0.15) is 11.5 Å². The molecule has 1 aliphatic rings. The van der Waals surface area contributed by atoms with Crippen molar-refractivity contribution in [3.63, 3.8) is 0 Å². The molecule has 0 radical (unpaired) electrons. The number of carboxylic acid groups (broad SMARTS) is 1. The van der Waals surface area contributed by atoms with E-state index in [2.05, 4.69) is 5.10 Å². The number of aliphatic carboxylic acids is 1. The Labute approximate surface area is 140 Å². The first-order chi connectivity index (χ1) is 11.6. The van der Waals surface area contributed by atoms with E-state index in [1.807, 2.05) is 0 Å². The molecular formula is C16H15F3N2O4. The van der Waals surface area contributed by atoms with Gasteiger partial charge in [-0.05, 0) is 25.5 Å². The largest absolute Gasteiger partial charge is 0.504 e. The van der Waals surface area contributed by atoms with Gasteiger partial charge in [-0.3, -0.25) is 0 Å². The summed E-state index contributed by atoms with van der Waals surface area (Å²) < 4.78 is 49.3. The summed E-state index contributed by atoms with van der Waals surface area (Å²) in [5, 5.41) is 12.6. The molecule has 6 nitrogen and oxygen atoms in total. The van der Waals surface area contributed by atoms with Crippen LogP contribution in [0.5, 0.6) is 11.5 Å². The third-order valence-electron chi connectivity index (χ3n) is 3.83. The maximum absolute atomic E-state index is 12.8. The van der Waals surface area contributed by atoms with Crippen LogP contribution in [-0.4, -0.2) is 33.1 Å². The molecular weight excluding hydrogens is 341 g/mol. The minimum Gasteiger partial charge on any atom is -0.493 e. The molecule has 0 bridgehead atoms. The lowest BCUT2D eigenvalue weighted by Gasteiger charge is -2.23. The molecule has 0 fully saturated rings. The molecule has 0 saturated heterocycles. The summed E-state index contributed by atoms with van der Waals surface area (Å²) in [6, 6.07) is 3.15. The van der Waals surface area contributed by atoms with Crippen molar-refractivity contribution in [3.8, 4) is 22.6 Å². The number of carbonyl (C=O) groups is 1. The zero-order valence-electron chi connectivity index (χ0n) is 13.4. The van der Waals surface area contributed by atoms with Crippen molar-refractivity contribution in [2.45, 2.75) is 32.2 Å². The first kappa shape index (κ1) is 17.1. The Morgan fingerprint density at radius 2 is 2.08 bits per heavy atom. The van der Waals surface area contributed by atoms with E-state index < -0.39 is 17.9 Å². The predicted molar refractivity (Wildman–Crippen MR) is 80.5 cm³/mol. The minimum atomic E-state index is -4.64. The Balaban J connectivity index is 2.08. The fourth-order valence-corrected chi connectivity index (χ4v) is 2.44. The number of aromatic nitrogens is 2. The van der Waals surface area contributed by atoms with Crippen molar-refractivity contribution in [2.24, 2.45) is 0 Å². The second-order valence-corrected chi connectivity index (χ2v) is 6.11. The molecule has 134 valence electrons.